The largest absolute Gasteiger partial charge is 0.361 e. The molecule has 0 bridgehead atoms. The van der Waals surface area contributed by atoms with Crippen LogP contribution in [0, 0.1) is 26.6 Å². The summed E-state index contributed by atoms with van der Waals surface area (Å²) in [7, 11) is 0. The number of carbonyl (C=O) groups excluding carboxylic acids is 1. The van der Waals surface area contributed by atoms with E-state index in [0.29, 0.717) is 29.2 Å². The average molecular weight is 405 g/mol. The number of amides is 1. The molecule has 4 rings (SSSR count). The van der Waals surface area contributed by atoms with Crippen molar-refractivity contribution in [1.82, 2.24) is 10.3 Å². The van der Waals surface area contributed by atoms with Gasteiger partial charge in [-0.15, -0.1) is 0 Å². The number of anilines is 1. The van der Waals surface area contributed by atoms with Crippen LogP contribution in [0.15, 0.2) is 57.6 Å². The molecule has 4 aromatic rings. The number of aryl methyl sites for hydroxylation is 3. The fourth-order valence-corrected chi connectivity index (χ4v) is 3.29. The van der Waals surface area contributed by atoms with Gasteiger partial charge < -0.3 is 14.4 Å². The van der Waals surface area contributed by atoms with Crippen LogP contribution >= 0.6 is 0 Å². The molecular formula is C23H20FN3O3. The van der Waals surface area contributed by atoms with Gasteiger partial charge in [0.2, 0.25) is 0 Å². The van der Waals surface area contributed by atoms with E-state index < -0.39 is 0 Å². The Bertz CT molecular complexity index is 1170. The maximum Gasteiger partial charge on any atom is 0.278 e. The van der Waals surface area contributed by atoms with Gasteiger partial charge in [0.1, 0.15) is 17.3 Å². The van der Waals surface area contributed by atoms with Gasteiger partial charge in [-0.05, 0) is 56.2 Å². The summed E-state index contributed by atoms with van der Waals surface area (Å²) in [5.41, 5.74) is 5.05. The second-order valence-electron chi connectivity index (χ2n) is 7.08. The molecule has 0 aliphatic carbocycles. The molecule has 1 amide bonds. The molecule has 1 N–H and O–H groups in total. The third kappa shape index (κ3) is 3.87. The van der Waals surface area contributed by atoms with E-state index in [-0.39, 0.29) is 17.4 Å². The normalized spacial score (nSPS) is 10.9. The molecule has 0 saturated heterocycles. The molecule has 7 heteroatoms. The van der Waals surface area contributed by atoms with Crippen LogP contribution in [0.3, 0.4) is 0 Å². The van der Waals surface area contributed by atoms with Crippen molar-refractivity contribution in [3.63, 3.8) is 0 Å². The van der Waals surface area contributed by atoms with Crippen molar-refractivity contribution in [3.8, 4) is 11.1 Å². The topological polar surface area (TPSA) is 81.2 Å². The molecule has 0 aliphatic rings. The summed E-state index contributed by atoms with van der Waals surface area (Å²) in [6, 6.07) is 13.6. The van der Waals surface area contributed by atoms with Gasteiger partial charge in [0.15, 0.2) is 5.69 Å². The Morgan fingerprint density at radius 2 is 1.43 bits per heavy atom. The molecule has 6 nitrogen and oxygen atoms in total. The molecule has 2 heterocycles. The molecule has 2 aromatic heterocycles. The van der Waals surface area contributed by atoms with Gasteiger partial charge in [0.25, 0.3) is 5.91 Å². The summed E-state index contributed by atoms with van der Waals surface area (Å²) in [6.07, 6.45) is 0.447. The Morgan fingerprint density at radius 1 is 0.867 bits per heavy atom. The summed E-state index contributed by atoms with van der Waals surface area (Å²) in [5, 5.41) is 10.8. The SMILES string of the molecule is Cc1noc(C)c1Cc1c(C(=O)Nc2ccc(-c3ccc(F)cc3)cc2)noc1C. The van der Waals surface area contributed by atoms with Gasteiger partial charge in [0, 0.05) is 23.2 Å². The number of aromatic nitrogens is 2. The van der Waals surface area contributed by atoms with Gasteiger partial charge in [-0.1, -0.05) is 34.6 Å². The molecule has 0 unspecified atom stereocenters. The van der Waals surface area contributed by atoms with Crippen molar-refractivity contribution in [2.75, 3.05) is 5.32 Å². The first-order chi connectivity index (χ1) is 14.4. The maximum absolute atomic E-state index is 13.1. The van der Waals surface area contributed by atoms with Gasteiger partial charge in [-0.2, -0.15) is 0 Å². The van der Waals surface area contributed by atoms with E-state index in [4.69, 9.17) is 9.05 Å². The standard InChI is InChI=1S/C23H20FN3O3/c1-13-20(14(2)29-26-13)12-21-15(3)30-27-22(21)23(28)25-19-10-6-17(7-11-19)16-4-8-18(24)9-5-16/h4-11H,12H2,1-3H3,(H,25,28). The van der Waals surface area contributed by atoms with Gasteiger partial charge >= 0.3 is 0 Å². The van der Waals surface area contributed by atoms with Crippen LogP contribution < -0.4 is 5.32 Å². The molecule has 2 aromatic carbocycles. The van der Waals surface area contributed by atoms with Crippen LogP contribution in [0.1, 0.15) is 38.8 Å². The number of nitrogens with zero attached hydrogens (tertiary/aromatic N) is 2. The van der Waals surface area contributed by atoms with Gasteiger partial charge in [-0.3, -0.25) is 4.79 Å². The van der Waals surface area contributed by atoms with Crippen LogP contribution in [-0.4, -0.2) is 16.2 Å². The Labute approximate surface area is 172 Å². The molecule has 30 heavy (non-hydrogen) atoms. The number of hydrogen-bond acceptors (Lipinski definition) is 5. The summed E-state index contributed by atoms with van der Waals surface area (Å²) < 4.78 is 23.6. The summed E-state index contributed by atoms with van der Waals surface area (Å²) >= 11 is 0. The van der Waals surface area contributed by atoms with Crippen LogP contribution in [-0.2, 0) is 6.42 Å². The number of halogens is 1. The van der Waals surface area contributed by atoms with E-state index in [9.17, 15) is 9.18 Å². The van der Waals surface area contributed by atoms with E-state index >= 15 is 0 Å². The van der Waals surface area contributed by atoms with E-state index in [0.717, 1.165) is 22.4 Å². The highest BCUT2D eigenvalue weighted by atomic mass is 19.1. The second kappa shape index (κ2) is 7.94. The summed E-state index contributed by atoms with van der Waals surface area (Å²) in [5.74, 6) is 0.642. The minimum absolute atomic E-state index is 0.232. The molecular weight excluding hydrogens is 385 g/mol. The van der Waals surface area contributed by atoms with Crippen LogP contribution in [0.25, 0.3) is 11.1 Å². The van der Waals surface area contributed by atoms with Crippen molar-refractivity contribution in [2.24, 2.45) is 0 Å². The first kappa shape index (κ1) is 19.6. The zero-order valence-electron chi connectivity index (χ0n) is 16.8. The molecule has 152 valence electrons. The minimum atomic E-state index is -0.358. The first-order valence-corrected chi connectivity index (χ1v) is 9.46. The highest BCUT2D eigenvalue weighted by molar-refractivity contribution is 6.04. The highest BCUT2D eigenvalue weighted by Gasteiger charge is 2.22. The maximum atomic E-state index is 13.1. The molecule has 0 atom stereocenters. The number of rotatable bonds is 5. The number of benzene rings is 2. The lowest BCUT2D eigenvalue weighted by molar-refractivity contribution is 0.101. The van der Waals surface area contributed by atoms with Crippen molar-refractivity contribution in [3.05, 3.63) is 88.4 Å². The fourth-order valence-electron chi connectivity index (χ4n) is 3.29. The summed E-state index contributed by atoms with van der Waals surface area (Å²) in [4.78, 5) is 12.8. The van der Waals surface area contributed by atoms with Crippen LogP contribution in [0.2, 0.25) is 0 Å². The molecule has 0 fully saturated rings. The zero-order valence-corrected chi connectivity index (χ0v) is 16.8. The summed E-state index contributed by atoms with van der Waals surface area (Å²) in [6.45, 7) is 5.46. The van der Waals surface area contributed by atoms with Crippen molar-refractivity contribution < 1.29 is 18.2 Å². The zero-order chi connectivity index (χ0) is 21.3. The smallest absolute Gasteiger partial charge is 0.278 e. The van der Waals surface area contributed by atoms with Crippen molar-refractivity contribution in [1.29, 1.82) is 0 Å². The van der Waals surface area contributed by atoms with E-state index in [1.54, 1.807) is 31.2 Å². The second-order valence-corrected chi connectivity index (χ2v) is 7.08. The number of nitrogens with one attached hydrogen (secondary N) is 1. The Morgan fingerprint density at radius 3 is 2.03 bits per heavy atom. The Kier molecular flexibility index (Phi) is 5.18. The van der Waals surface area contributed by atoms with Crippen molar-refractivity contribution >= 4 is 11.6 Å². The third-order valence-electron chi connectivity index (χ3n) is 5.05. The fraction of sp³-hybridized carbons (Fsp3) is 0.174. The van der Waals surface area contributed by atoms with Gasteiger partial charge in [-0.25, -0.2) is 4.39 Å². The van der Waals surface area contributed by atoms with Crippen molar-refractivity contribution in [2.45, 2.75) is 27.2 Å². The predicted molar refractivity (Wildman–Crippen MR) is 110 cm³/mol. The lowest BCUT2D eigenvalue weighted by Gasteiger charge is -2.07. The molecule has 0 radical (unpaired) electrons. The van der Waals surface area contributed by atoms with E-state index in [1.807, 2.05) is 26.0 Å². The third-order valence-corrected chi connectivity index (χ3v) is 5.05. The quantitative estimate of drug-likeness (QED) is 0.491. The molecule has 0 aliphatic heterocycles. The molecule has 0 saturated carbocycles. The van der Waals surface area contributed by atoms with Crippen LogP contribution in [0.5, 0.6) is 0 Å². The monoisotopic (exact) mass is 405 g/mol. The van der Waals surface area contributed by atoms with Crippen LogP contribution in [0.4, 0.5) is 10.1 Å². The first-order valence-electron chi connectivity index (χ1n) is 9.46. The number of carbonyl (C=O) groups is 1. The average Bonchev–Trinajstić information content (AvgIpc) is 3.26. The highest BCUT2D eigenvalue weighted by Crippen LogP contribution is 2.25. The van der Waals surface area contributed by atoms with Gasteiger partial charge in [0.05, 0.1) is 5.69 Å². The lowest BCUT2D eigenvalue weighted by Crippen LogP contribution is -2.15. The Balaban J connectivity index is 1.52. The predicted octanol–water partition coefficient (Wildman–Crippen LogP) is 5.24. The number of hydrogen-bond donors (Lipinski definition) is 1. The lowest BCUT2D eigenvalue weighted by atomic mass is 10.0. The Hall–Kier alpha value is -3.74. The van der Waals surface area contributed by atoms with E-state index in [2.05, 4.69) is 15.6 Å². The van der Waals surface area contributed by atoms with E-state index in [1.165, 1.54) is 12.1 Å². The molecule has 0 spiro atoms. The minimum Gasteiger partial charge on any atom is -0.361 e.